The number of aromatic amines is 1. The van der Waals surface area contributed by atoms with Crippen LogP contribution in [0.2, 0.25) is 5.02 Å². The van der Waals surface area contributed by atoms with Crippen LogP contribution in [0.4, 0.5) is 5.69 Å². The normalized spacial score (nSPS) is 12.3. The van der Waals surface area contributed by atoms with E-state index in [1.165, 1.54) is 0 Å². The second kappa shape index (κ2) is 7.68. The molecular formula is C19H19ClN4O2. The number of likely N-dealkylation sites (N-methyl/N-ethyl adjacent to an activating group) is 1. The van der Waals surface area contributed by atoms with Gasteiger partial charge in [-0.1, -0.05) is 35.9 Å². The van der Waals surface area contributed by atoms with E-state index in [0.717, 1.165) is 0 Å². The molecule has 2 aromatic carbocycles. The highest BCUT2D eigenvalue weighted by Gasteiger charge is 2.18. The summed E-state index contributed by atoms with van der Waals surface area (Å²) in [5.74, 6) is 0.317. The largest absolute Gasteiger partial charge is 0.324 e. The summed E-state index contributed by atoms with van der Waals surface area (Å²) in [7, 11) is 1.80. The average Bonchev–Trinajstić information content (AvgIpc) is 2.63. The summed E-state index contributed by atoms with van der Waals surface area (Å²) in [5.41, 5.74) is 1.01. The summed E-state index contributed by atoms with van der Waals surface area (Å²) in [5, 5.41) is 3.81. The monoisotopic (exact) mass is 370 g/mol. The lowest BCUT2D eigenvalue weighted by Gasteiger charge is -2.23. The maximum Gasteiger partial charge on any atom is 0.258 e. The molecule has 0 saturated carbocycles. The fraction of sp³-hybridized carbons (Fsp3) is 0.211. The fourth-order valence-electron chi connectivity index (χ4n) is 2.63. The molecule has 1 heterocycles. The van der Waals surface area contributed by atoms with E-state index in [1.54, 1.807) is 54.4 Å². The number of amides is 1. The summed E-state index contributed by atoms with van der Waals surface area (Å²) in [6, 6.07) is 14.0. The molecule has 134 valence electrons. The Kier molecular flexibility index (Phi) is 5.35. The Morgan fingerprint density at radius 3 is 2.69 bits per heavy atom. The molecule has 6 nitrogen and oxygen atoms in total. The average molecular weight is 371 g/mol. The highest BCUT2D eigenvalue weighted by molar-refractivity contribution is 6.33. The van der Waals surface area contributed by atoms with Crippen molar-refractivity contribution in [3.8, 4) is 0 Å². The summed E-state index contributed by atoms with van der Waals surface area (Å²) in [6.07, 6.45) is 0. The van der Waals surface area contributed by atoms with Crippen molar-refractivity contribution in [1.82, 2.24) is 14.9 Å². The van der Waals surface area contributed by atoms with Gasteiger partial charge in [0.1, 0.15) is 5.82 Å². The first kappa shape index (κ1) is 18.1. The van der Waals surface area contributed by atoms with Gasteiger partial charge in [0.15, 0.2) is 0 Å². The first-order valence-electron chi connectivity index (χ1n) is 8.19. The van der Waals surface area contributed by atoms with Crippen molar-refractivity contribution in [1.29, 1.82) is 0 Å². The number of aromatic nitrogens is 2. The van der Waals surface area contributed by atoms with Gasteiger partial charge in [-0.15, -0.1) is 0 Å². The number of nitrogens with zero attached hydrogens (tertiary/aromatic N) is 2. The van der Waals surface area contributed by atoms with Crippen molar-refractivity contribution < 1.29 is 4.79 Å². The molecule has 3 aromatic rings. The Morgan fingerprint density at radius 1 is 1.23 bits per heavy atom. The van der Waals surface area contributed by atoms with Crippen molar-refractivity contribution in [3.63, 3.8) is 0 Å². The highest BCUT2D eigenvalue weighted by Crippen LogP contribution is 2.21. The zero-order valence-electron chi connectivity index (χ0n) is 14.5. The summed E-state index contributed by atoms with van der Waals surface area (Å²) >= 11 is 6.06. The molecule has 0 saturated heterocycles. The van der Waals surface area contributed by atoms with Crippen LogP contribution in [-0.4, -0.2) is 34.4 Å². The molecule has 7 heteroatoms. The number of hydrogen-bond acceptors (Lipinski definition) is 4. The molecule has 0 aliphatic rings. The molecule has 0 unspecified atom stereocenters. The van der Waals surface area contributed by atoms with E-state index < -0.39 is 0 Å². The van der Waals surface area contributed by atoms with Gasteiger partial charge < -0.3 is 10.3 Å². The topological polar surface area (TPSA) is 78.1 Å². The van der Waals surface area contributed by atoms with E-state index in [4.69, 9.17) is 11.6 Å². The van der Waals surface area contributed by atoms with Crippen LogP contribution in [-0.2, 0) is 4.79 Å². The lowest BCUT2D eigenvalue weighted by Crippen LogP contribution is -2.33. The van der Waals surface area contributed by atoms with E-state index in [-0.39, 0.29) is 24.1 Å². The minimum Gasteiger partial charge on any atom is -0.324 e. The predicted molar refractivity (Wildman–Crippen MR) is 103 cm³/mol. The van der Waals surface area contributed by atoms with Crippen molar-refractivity contribution in [2.45, 2.75) is 13.0 Å². The highest BCUT2D eigenvalue weighted by atomic mass is 35.5. The minimum atomic E-state index is -0.246. The summed E-state index contributed by atoms with van der Waals surface area (Å²) in [4.78, 5) is 33.6. The van der Waals surface area contributed by atoms with E-state index in [0.29, 0.717) is 27.4 Å². The zero-order valence-corrected chi connectivity index (χ0v) is 15.2. The first-order chi connectivity index (χ1) is 12.5. The smallest absolute Gasteiger partial charge is 0.258 e. The van der Waals surface area contributed by atoms with E-state index in [2.05, 4.69) is 15.3 Å². The maximum absolute atomic E-state index is 12.3. The summed E-state index contributed by atoms with van der Waals surface area (Å²) in [6.45, 7) is 2.01. The van der Waals surface area contributed by atoms with Gasteiger partial charge in [-0.3, -0.25) is 14.5 Å². The SMILES string of the molecule is C[C@@H](c1nc2ccccc2c(=O)[nH]1)N(C)CC(=O)Nc1ccccc1Cl. The molecule has 2 N–H and O–H groups in total. The molecule has 0 aliphatic carbocycles. The second-order valence-electron chi connectivity index (χ2n) is 6.09. The molecule has 0 fully saturated rings. The number of carbonyl (C=O) groups is 1. The number of benzene rings is 2. The third-order valence-electron chi connectivity index (χ3n) is 4.23. The van der Waals surface area contributed by atoms with Crippen LogP contribution in [0.5, 0.6) is 0 Å². The van der Waals surface area contributed by atoms with Gasteiger partial charge in [0.2, 0.25) is 5.91 Å². The van der Waals surface area contributed by atoms with Crippen molar-refractivity contribution >= 4 is 34.1 Å². The Labute approximate surface area is 155 Å². The number of carbonyl (C=O) groups excluding carboxylic acids is 1. The van der Waals surface area contributed by atoms with Crippen LogP contribution in [0.3, 0.4) is 0 Å². The summed E-state index contributed by atoms with van der Waals surface area (Å²) < 4.78 is 0. The molecule has 0 bridgehead atoms. The Bertz CT molecular complexity index is 1000. The van der Waals surface area contributed by atoms with Crippen molar-refractivity contribution in [3.05, 3.63) is 69.7 Å². The van der Waals surface area contributed by atoms with Crippen LogP contribution in [0.1, 0.15) is 18.8 Å². The number of hydrogen-bond donors (Lipinski definition) is 2. The van der Waals surface area contributed by atoms with Crippen LogP contribution in [0, 0.1) is 0 Å². The molecule has 3 rings (SSSR count). The lowest BCUT2D eigenvalue weighted by molar-refractivity contribution is -0.117. The third-order valence-corrected chi connectivity index (χ3v) is 4.56. The van der Waals surface area contributed by atoms with Gasteiger partial charge in [-0.25, -0.2) is 4.98 Å². The van der Waals surface area contributed by atoms with Crippen molar-refractivity contribution in [2.24, 2.45) is 0 Å². The van der Waals surface area contributed by atoms with Gasteiger partial charge in [0.05, 0.1) is 34.2 Å². The molecule has 1 aromatic heterocycles. The maximum atomic E-state index is 12.3. The number of nitrogens with one attached hydrogen (secondary N) is 2. The third kappa shape index (κ3) is 3.92. The first-order valence-corrected chi connectivity index (χ1v) is 8.57. The van der Waals surface area contributed by atoms with Gasteiger partial charge in [0, 0.05) is 0 Å². The molecule has 1 atom stereocenters. The second-order valence-corrected chi connectivity index (χ2v) is 6.49. The number of fused-ring (bicyclic) bond motifs is 1. The van der Waals surface area contributed by atoms with Crippen LogP contribution >= 0.6 is 11.6 Å². The Morgan fingerprint density at radius 2 is 1.92 bits per heavy atom. The predicted octanol–water partition coefficient (Wildman–Crippen LogP) is 3.21. The Hall–Kier alpha value is -2.70. The Balaban J connectivity index is 1.73. The quantitative estimate of drug-likeness (QED) is 0.723. The molecule has 0 aliphatic heterocycles. The zero-order chi connectivity index (χ0) is 18.7. The number of H-pyrrole nitrogens is 1. The van der Waals surface area contributed by atoms with Gasteiger partial charge in [-0.2, -0.15) is 0 Å². The number of para-hydroxylation sites is 2. The van der Waals surface area contributed by atoms with Crippen molar-refractivity contribution in [2.75, 3.05) is 18.9 Å². The van der Waals surface area contributed by atoms with Crippen LogP contribution in [0.15, 0.2) is 53.3 Å². The van der Waals surface area contributed by atoms with E-state index in [9.17, 15) is 9.59 Å². The van der Waals surface area contributed by atoms with Crippen LogP contribution in [0.25, 0.3) is 10.9 Å². The number of anilines is 1. The minimum absolute atomic E-state index is 0.128. The lowest BCUT2D eigenvalue weighted by atomic mass is 10.2. The van der Waals surface area contributed by atoms with Gasteiger partial charge >= 0.3 is 0 Å². The van der Waals surface area contributed by atoms with E-state index in [1.807, 2.05) is 13.0 Å². The number of rotatable bonds is 5. The van der Waals surface area contributed by atoms with E-state index >= 15 is 0 Å². The van der Waals surface area contributed by atoms with Gasteiger partial charge in [0.25, 0.3) is 5.56 Å². The molecule has 1 amide bonds. The molecule has 0 radical (unpaired) electrons. The van der Waals surface area contributed by atoms with Gasteiger partial charge in [-0.05, 0) is 38.2 Å². The standard InChI is InChI=1S/C19H19ClN4O2/c1-12(18-22-15-9-5-3-7-13(15)19(26)23-18)24(2)11-17(25)21-16-10-6-4-8-14(16)20/h3-10,12H,11H2,1-2H3,(H,21,25)(H,22,23,26)/t12-/m0/s1. The molecule has 26 heavy (non-hydrogen) atoms. The van der Waals surface area contributed by atoms with Crippen LogP contribution < -0.4 is 10.9 Å². The number of halogens is 1. The molecular weight excluding hydrogens is 352 g/mol. The molecule has 0 spiro atoms. The fourth-order valence-corrected chi connectivity index (χ4v) is 2.81.